The van der Waals surface area contributed by atoms with E-state index in [-0.39, 0.29) is 0 Å². The fraction of sp³-hybridized carbons (Fsp3) is 0.769. The van der Waals surface area contributed by atoms with Crippen molar-refractivity contribution in [1.29, 1.82) is 0 Å². The Labute approximate surface area is 182 Å². The van der Waals surface area contributed by atoms with Gasteiger partial charge < -0.3 is 4.74 Å². The van der Waals surface area contributed by atoms with Crippen molar-refractivity contribution in [2.75, 3.05) is 33.4 Å². The maximum absolute atomic E-state index is 6.17. The molecule has 1 heterocycles. The summed E-state index contributed by atoms with van der Waals surface area (Å²) < 4.78 is 7.22. The molecule has 0 bridgehead atoms. The zero-order valence-electron chi connectivity index (χ0n) is 20.0. The number of aryl methyl sites for hydroxylation is 1. The third-order valence-electron chi connectivity index (χ3n) is 7.24. The maximum atomic E-state index is 6.17. The lowest BCUT2D eigenvalue weighted by atomic mass is 10.00. The van der Waals surface area contributed by atoms with Crippen molar-refractivity contribution >= 4 is 13.8 Å². The minimum atomic E-state index is -1.06. The van der Waals surface area contributed by atoms with Crippen LogP contribution in [0.5, 0.6) is 0 Å². The Hall–Kier alpha value is -0.643. The molecule has 0 aliphatic carbocycles. The SMILES string of the molecule is CCCCC[Si](C)(CCCCC)CCCOCC[N+]1(C)CCCc2ccccc21. The molecule has 0 aromatic heterocycles. The van der Waals surface area contributed by atoms with Crippen LogP contribution in [0.2, 0.25) is 24.7 Å². The molecular weight excluding hydrogens is 370 g/mol. The van der Waals surface area contributed by atoms with Crippen LogP contribution in [0.25, 0.3) is 0 Å². The van der Waals surface area contributed by atoms with Crippen LogP contribution in [0.15, 0.2) is 24.3 Å². The zero-order valence-corrected chi connectivity index (χ0v) is 21.0. The molecule has 1 unspecified atom stereocenters. The number of unbranched alkanes of at least 4 members (excludes halogenated alkanes) is 4. The van der Waals surface area contributed by atoms with Gasteiger partial charge >= 0.3 is 0 Å². The molecule has 166 valence electrons. The van der Waals surface area contributed by atoms with Gasteiger partial charge in [0.1, 0.15) is 12.2 Å². The summed E-state index contributed by atoms with van der Waals surface area (Å²) in [6, 6.07) is 13.6. The summed E-state index contributed by atoms with van der Waals surface area (Å²) in [4.78, 5) is 0. The first-order chi connectivity index (χ1) is 14.0. The molecule has 1 aliphatic heterocycles. The minimum absolute atomic E-state index is 0.898. The van der Waals surface area contributed by atoms with Gasteiger partial charge in [0.2, 0.25) is 0 Å². The molecule has 29 heavy (non-hydrogen) atoms. The highest BCUT2D eigenvalue weighted by Crippen LogP contribution is 2.31. The number of ether oxygens (including phenoxy) is 1. The van der Waals surface area contributed by atoms with Crippen LogP contribution in [-0.2, 0) is 11.2 Å². The van der Waals surface area contributed by atoms with Gasteiger partial charge in [0.05, 0.1) is 28.3 Å². The van der Waals surface area contributed by atoms with E-state index in [2.05, 4.69) is 51.7 Å². The number of hydrogen-bond donors (Lipinski definition) is 0. The van der Waals surface area contributed by atoms with Gasteiger partial charge in [-0.3, -0.25) is 4.48 Å². The van der Waals surface area contributed by atoms with Gasteiger partial charge in [-0.05, 0) is 18.9 Å². The van der Waals surface area contributed by atoms with Crippen LogP contribution in [0.1, 0.15) is 70.8 Å². The summed E-state index contributed by atoms with van der Waals surface area (Å²) in [5.74, 6) is 0. The second kappa shape index (κ2) is 12.9. The van der Waals surface area contributed by atoms with Crippen LogP contribution < -0.4 is 4.48 Å². The second-order valence-corrected chi connectivity index (χ2v) is 15.1. The number of para-hydroxylation sites is 1. The molecule has 2 nitrogen and oxygen atoms in total. The van der Waals surface area contributed by atoms with Crippen LogP contribution in [0, 0.1) is 0 Å². The Morgan fingerprint density at radius 2 is 1.55 bits per heavy atom. The number of fused-ring (bicyclic) bond motifs is 1. The summed E-state index contributed by atoms with van der Waals surface area (Å²) in [6.45, 7) is 11.6. The molecule has 0 radical (unpaired) electrons. The highest BCUT2D eigenvalue weighted by molar-refractivity contribution is 6.78. The fourth-order valence-corrected chi connectivity index (χ4v) is 9.12. The number of benzene rings is 1. The topological polar surface area (TPSA) is 9.23 Å². The van der Waals surface area contributed by atoms with Gasteiger partial charge in [-0.15, -0.1) is 0 Å². The van der Waals surface area contributed by atoms with E-state index in [0.717, 1.165) is 24.2 Å². The second-order valence-electron chi connectivity index (χ2n) is 10.0. The molecule has 0 saturated heterocycles. The van der Waals surface area contributed by atoms with E-state index < -0.39 is 8.07 Å². The van der Waals surface area contributed by atoms with Gasteiger partial charge in [-0.2, -0.15) is 0 Å². The Bertz CT molecular complexity index is 566. The van der Waals surface area contributed by atoms with Gasteiger partial charge in [0, 0.05) is 18.6 Å². The third kappa shape index (κ3) is 8.19. The number of rotatable bonds is 15. The van der Waals surface area contributed by atoms with Crippen molar-refractivity contribution in [3.8, 4) is 0 Å². The van der Waals surface area contributed by atoms with E-state index >= 15 is 0 Å². The van der Waals surface area contributed by atoms with E-state index in [1.165, 1.54) is 88.2 Å². The predicted molar refractivity (Wildman–Crippen MR) is 133 cm³/mol. The summed E-state index contributed by atoms with van der Waals surface area (Å²) >= 11 is 0. The van der Waals surface area contributed by atoms with Crippen molar-refractivity contribution in [2.24, 2.45) is 0 Å². The van der Waals surface area contributed by atoms with Crippen LogP contribution in [-0.4, -0.2) is 41.4 Å². The number of likely N-dealkylation sites (N-methyl/N-ethyl adjacent to an activating group) is 1. The monoisotopic (exact) mass is 418 g/mol. The minimum Gasteiger partial charge on any atom is -0.376 e. The van der Waals surface area contributed by atoms with Gasteiger partial charge in [-0.25, -0.2) is 0 Å². The molecule has 1 aromatic rings. The molecule has 0 spiro atoms. The van der Waals surface area contributed by atoms with E-state index in [4.69, 9.17) is 4.74 Å². The number of nitrogens with zero attached hydrogens (tertiary/aromatic N) is 1. The van der Waals surface area contributed by atoms with Crippen molar-refractivity contribution < 1.29 is 4.74 Å². The Morgan fingerprint density at radius 1 is 0.897 bits per heavy atom. The lowest BCUT2D eigenvalue weighted by molar-refractivity contribution is 0.111. The summed E-state index contributed by atoms with van der Waals surface area (Å²) in [7, 11) is 1.33. The van der Waals surface area contributed by atoms with Crippen LogP contribution in [0.3, 0.4) is 0 Å². The Morgan fingerprint density at radius 3 is 2.24 bits per heavy atom. The van der Waals surface area contributed by atoms with Crippen LogP contribution in [0.4, 0.5) is 5.69 Å². The highest BCUT2D eigenvalue weighted by Gasteiger charge is 2.31. The van der Waals surface area contributed by atoms with Gasteiger partial charge in [-0.1, -0.05) is 95.3 Å². The first kappa shape index (κ1) is 24.6. The average Bonchev–Trinajstić information content (AvgIpc) is 2.71. The molecule has 1 atom stereocenters. The molecule has 3 heteroatoms. The van der Waals surface area contributed by atoms with E-state index in [1.54, 1.807) is 5.56 Å². The first-order valence-corrected chi connectivity index (χ1v) is 15.7. The molecule has 2 rings (SSSR count). The van der Waals surface area contributed by atoms with E-state index in [1.807, 2.05) is 0 Å². The Kier molecular flexibility index (Phi) is 11.0. The molecule has 1 aliphatic rings. The maximum Gasteiger partial charge on any atom is 0.135 e. The molecular formula is C26H48NOSi+. The average molecular weight is 419 g/mol. The normalized spacial score (nSPS) is 19.3. The summed E-state index contributed by atoms with van der Waals surface area (Å²) in [5.41, 5.74) is 3.07. The Balaban J connectivity index is 1.72. The van der Waals surface area contributed by atoms with Crippen molar-refractivity contribution in [3.05, 3.63) is 29.8 Å². The largest absolute Gasteiger partial charge is 0.376 e. The fourth-order valence-electron chi connectivity index (χ4n) is 5.17. The zero-order chi connectivity index (χ0) is 21.0. The van der Waals surface area contributed by atoms with Crippen molar-refractivity contribution in [2.45, 2.75) is 96.3 Å². The first-order valence-electron chi connectivity index (χ1n) is 12.5. The lowest BCUT2D eigenvalue weighted by Gasteiger charge is -2.38. The smallest absolute Gasteiger partial charge is 0.135 e. The van der Waals surface area contributed by atoms with E-state index in [0.29, 0.717) is 0 Å². The van der Waals surface area contributed by atoms with Crippen molar-refractivity contribution in [3.63, 3.8) is 0 Å². The predicted octanol–water partition coefficient (Wildman–Crippen LogP) is 7.44. The lowest BCUT2D eigenvalue weighted by Crippen LogP contribution is -2.50. The standard InChI is InChI=1S/C26H48NOSi/c1-5-7-11-22-29(4,23-12-8-6-2)24-14-20-28-21-19-27(3)18-13-16-25-15-9-10-17-26(25)27/h9-10,15,17H,5-8,11-14,16,18-24H2,1-4H3/q+1. The number of quaternary nitrogens is 1. The third-order valence-corrected chi connectivity index (χ3v) is 11.9. The molecule has 0 N–H and O–H groups in total. The molecule has 1 aromatic carbocycles. The number of hydrogen-bond acceptors (Lipinski definition) is 1. The van der Waals surface area contributed by atoms with Gasteiger partial charge in [0.15, 0.2) is 0 Å². The highest BCUT2D eigenvalue weighted by atomic mass is 28.3. The van der Waals surface area contributed by atoms with Crippen molar-refractivity contribution in [1.82, 2.24) is 4.48 Å². The van der Waals surface area contributed by atoms with E-state index in [9.17, 15) is 0 Å². The quantitative estimate of drug-likeness (QED) is 0.163. The molecule has 0 amide bonds. The summed E-state index contributed by atoms with van der Waals surface area (Å²) in [6.07, 6.45) is 12.3. The molecule has 0 saturated carbocycles. The molecule has 0 fully saturated rings. The summed E-state index contributed by atoms with van der Waals surface area (Å²) in [5, 5.41) is 0. The van der Waals surface area contributed by atoms with Crippen LogP contribution >= 0.6 is 0 Å². The van der Waals surface area contributed by atoms with Gasteiger partial charge in [0.25, 0.3) is 0 Å².